The maximum atomic E-state index is 13.7. The van der Waals surface area contributed by atoms with Crippen molar-refractivity contribution in [2.24, 2.45) is 5.92 Å². The van der Waals surface area contributed by atoms with E-state index in [0.29, 0.717) is 27.6 Å². The molecule has 1 N–H and O–H groups in total. The molecule has 1 unspecified atom stereocenters. The van der Waals surface area contributed by atoms with Crippen molar-refractivity contribution in [3.8, 4) is 11.5 Å². The third-order valence-electron chi connectivity index (χ3n) is 5.79. The molecule has 1 atom stereocenters. The predicted octanol–water partition coefficient (Wildman–Crippen LogP) is 4.62. The van der Waals surface area contributed by atoms with Crippen LogP contribution >= 0.6 is 11.3 Å². The number of benzene rings is 2. The van der Waals surface area contributed by atoms with Gasteiger partial charge in [-0.15, -0.1) is 10.2 Å². The van der Waals surface area contributed by atoms with Crippen molar-refractivity contribution in [2.45, 2.75) is 33.2 Å². The number of rotatable bonds is 5. The van der Waals surface area contributed by atoms with E-state index in [2.05, 4.69) is 24.0 Å². The Balaban J connectivity index is 1.76. The van der Waals surface area contributed by atoms with Crippen molar-refractivity contribution in [3.63, 3.8) is 0 Å². The van der Waals surface area contributed by atoms with Gasteiger partial charge in [-0.1, -0.05) is 42.9 Å². The highest BCUT2D eigenvalue weighted by Crippen LogP contribution is 2.44. The molecule has 174 valence electrons. The predicted molar refractivity (Wildman–Crippen MR) is 129 cm³/mol. The number of carbonyl (C=O) groups is 1. The molecule has 0 fully saturated rings. The van der Waals surface area contributed by atoms with Crippen LogP contribution in [-0.4, -0.2) is 28.3 Å². The molecule has 1 aliphatic heterocycles. The van der Waals surface area contributed by atoms with Crippen molar-refractivity contribution < 1.29 is 19.1 Å². The van der Waals surface area contributed by atoms with Crippen LogP contribution in [0.5, 0.6) is 11.5 Å². The van der Waals surface area contributed by atoms with Gasteiger partial charge >= 0.3 is 0 Å². The lowest BCUT2D eigenvalue weighted by atomic mass is 9.98. The van der Waals surface area contributed by atoms with Gasteiger partial charge in [-0.2, -0.15) is 0 Å². The standard InChI is InChI=1S/C25H23N3O5S/c1-12(2)9-19-26-27-25(34-19)28-21(14-6-7-16(29)18(11-14)32-4)20-22(30)15-10-13(3)5-8-17(15)33-23(20)24(28)31/h5-8,10-12,21,29H,9H2,1-4H3. The summed E-state index contributed by atoms with van der Waals surface area (Å²) in [5.41, 5.74) is 1.80. The summed E-state index contributed by atoms with van der Waals surface area (Å²) in [6.45, 7) is 6.06. The van der Waals surface area contributed by atoms with E-state index in [9.17, 15) is 14.7 Å². The molecular formula is C25H23N3O5S. The number of phenolic OH excluding ortho intramolecular Hbond substituents is 1. The highest BCUT2D eigenvalue weighted by Gasteiger charge is 2.45. The number of aromatic hydroxyl groups is 1. The third-order valence-corrected chi connectivity index (χ3v) is 6.74. The fourth-order valence-electron chi connectivity index (χ4n) is 4.24. The number of carbonyl (C=O) groups excluding carboxylic acids is 1. The highest BCUT2D eigenvalue weighted by molar-refractivity contribution is 7.15. The maximum Gasteiger partial charge on any atom is 0.297 e. The van der Waals surface area contributed by atoms with E-state index in [4.69, 9.17) is 9.15 Å². The van der Waals surface area contributed by atoms with Gasteiger partial charge in [-0.05, 0) is 42.7 Å². The van der Waals surface area contributed by atoms with Gasteiger partial charge in [0.15, 0.2) is 16.9 Å². The number of anilines is 1. The Kier molecular flexibility index (Phi) is 5.36. The number of methoxy groups -OCH3 is 1. The zero-order valence-corrected chi connectivity index (χ0v) is 20.0. The molecule has 34 heavy (non-hydrogen) atoms. The minimum absolute atomic E-state index is 0.0148. The first-order valence-electron chi connectivity index (χ1n) is 10.9. The maximum absolute atomic E-state index is 13.7. The van der Waals surface area contributed by atoms with E-state index in [0.717, 1.165) is 17.0 Å². The number of aromatic nitrogens is 2. The van der Waals surface area contributed by atoms with Crippen LogP contribution in [0.3, 0.4) is 0 Å². The summed E-state index contributed by atoms with van der Waals surface area (Å²) >= 11 is 1.32. The first kappa shape index (κ1) is 22.1. The first-order valence-corrected chi connectivity index (χ1v) is 11.7. The van der Waals surface area contributed by atoms with Crippen molar-refractivity contribution in [1.82, 2.24) is 10.2 Å². The van der Waals surface area contributed by atoms with Crippen LogP contribution in [0.1, 0.15) is 52.1 Å². The molecule has 0 aliphatic carbocycles. The highest BCUT2D eigenvalue weighted by atomic mass is 32.1. The van der Waals surface area contributed by atoms with Crippen molar-refractivity contribution in [2.75, 3.05) is 12.0 Å². The summed E-state index contributed by atoms with van der Waals surface area (Å²) in [6, 6.07) is 9.24. The van der Waals surface area contributed by atoms with Gasteiger partial charge in [0.1, 0.15) is 10.6 Å². The first-order chi connectivity index (χ1) is 16.3. The third kappa shape index (κ3) is 3.52. The smallest absolute Gasteiger partial charge is 0.297 e. The van der Waals surface area contributed by atoms with E-state index < -0.39 is 11.9 Å². The Labute approximate surface area is 199 Å². The molecule has 1 aliphatic rings. The molecular weight excluding hydrogens is 454 g/mol. The zero-order chi connectivity index (χ0) is 24.1. The number of amides is 1. The lowest BCUT2D eigenvalue weighted by molar-refractivity contribution is 0.0970. The number of hydrogen-bond donors (Lipinski definition) is 1. The molecule has 8 nitrogen and oxygen atoms in total. The second kappa shape index (κ2) is 8.25. The van der Waals surface area contributed by atoms with E-state index in [-0.39, 0.29) is 28.3 Å². The van der Waals surface area contributed by atoms with Gasteiger partial charge in [-0.25, -0.2) is 0 Å². The summed E-state index contributed by atoms with van der Waals surface area (Å²) in [7, 11) is 1.44. The van der Waals surface area contributed by atoms with Crippen LogP contribution in [-0.2, 0) is 6.42 Å². The van der Waals surface area contributed by atoms with Crippen LogP contribution in [0, 0.1) is 12.8 Å². The fraction of sp³-hybridized carbons (Fsp3) is 0.280. The fourth-order valence-corrected chi connectivity index (χ4v) is 5.31. The Morgan fingerprint density at radius 3 is 2.71 bits per heavy atom. The van der Waals surface area contributed by atoms with Gasteiger partial charge in [0.2, 0.25) is 10.9 Å². The summed E-state index contributed by atoms with van der Waals surface area (Å²) in [4.78, 5) is 28.8. The monoisotopic (exact) mass is 477 g/mol. The number of aryl methyl sites for hydroxylation is 1. The zero-order valence-electron chi connectivity index (χ0n) is 19.2. The lowest BCUT2D eigenvalue weighted by Crippen LogP contribution is -2.29. The van der Waals surface area contributed by atoms with Crippen LogP contribution in [0.2, 0.25) is 0 Å². The Hall–Kier alpha value is -3.72. The average molecular weight is 478 g/mol. The van der Waals surface area contributed by atoms with Crippen LogP contribution in [0.4, 0.5) is 5.13 Å². The van der Waals surface area contributed by atoms with Gasteiger partial charge in [0.25, 0.3) is 5.91 Å². The van der Waals surface area contributed by atoms with E-state index >= 15 is 0 Å². The molecule has 0 spiro atoms. The molecule has 0 saturated carbocycles. The minimum Gasteiger partial charge on any atom is -0.504 e. The molecule has 9 heteroatoms. The van der Waals surface area contributed by atoms with Crippen LogP contribution in [0.15, 0.2) is 45.6 Å². The summed E-state index contributed by atoms with van der Waals surface area (Å²) in [5, 5.41) is 20.2. The van der Waals surface area contributed by atoms with Crippen molar-refractivity contribution in [3.05, 3.63) is 74.1 Å². The summed E-state index contributed by atoms with van der Waals surface area (Å²) in [6.07, 6.45) is 0.727. The molecule has 0 bridgehead atoms. The number of fused-ring (bicyclic) bond motifs is 2. The summed E-state index contributed by atoms with van der Waals surface area (Å²) < 4.78 is 11.3. The molecule has 4 aromatic rings. The number of ether oxygens (including phenoxy) is 1. The van der Waals surface area contributed by atoms with Crippen LogP contribution < -0.4 is 15.1 Å². The largest absolute Gasteiger partial charge is 0.504 e. The topological polar surface area (TPSA) is 106 Å². The molecule has 5 rings (SSSR count). The second-order valence-corrected chi connectivity index (χ2v) is 9.80. The normalized spacial score (nSPS) is 15.4. The van der Waals surface area contributed by atoms with Crippen molar-refractivity contribution >= 4 is 33.3 Å². The molecule has 0 saturated heterocycles. The minimum atomic E-state index is -0.807. The SMILES string of the molecule is COc1cc(C2c3c(oc4ccc(C)cc4c3=O)C(=O)N2c2nnc(CC(C)C)s2)ccc1O. The number of hydrogen-bond acceptors (Lipinski definition) is 8. The van der Waals surface area contributed by atoms with Gasteiger partial charge in [0, 0.05) is 6.42 Å². The second-order valence-electron chi connectivity index (χ2n) is 8.76. The molecule has 1 amide bonds. The number of phenols is 1. The number of nitrogens with zero attached hydrogens (tertiary/aromatic N) is 3. The lowest BCUT2D eigenvalue weighted by Gasteiger charge is -2.22. The van der Waals surface area contributed by atoms with Gasteiger partial charge in [0.05, 0.1) is 24.1 Å². The van der Waals surface area contributed by atoms with E-state index in [1.807, 2.05) is 13.0 Å². The van der Waals surface area contributed by atoms with Crippen molar-refractivity contribution in [1.29, 1.82) is 0 Å². The average Bonchev–Trinajstić information content (AvgIpc) is 3.36. The van der Waals surface area contributed by atoms with Gasteiger partial charge < -0.3 is 14.3 Å². The Morgan fingerprint density at radius 2 is 1.97 bits per heavy atom. The van der Waals surface area contributed by atoms with E-state index in [1.54, 1.807) is 24.3 Å². The quantitative estimate of drug-likeness (QED) is 0.447. The Morgan fingerprint density at radius 1 is 1.18 bits per heavy atom. The molecule has 3 heterocycles. The summed E-state index contributed by atoms with van der Waals surface area (Å²) in [5.74, 6) is 0.0925. The van der Waals surface area contributed by atoms with Crippen LogP contribution in [0.25, 0.3) is 11.0 Å². The molecule has 0 radical (unpaired) electrons. The van der Waals surface area contributed by atoms with E-state index in [1.165, 1.54) is 29.4 Å². The molecule has 2 aromatic carbocycles. The Bertz CT molecular complexity index is 1490. The van der Waals surface area contributed by atoms with Gasteiger partial charge in [-0.3, -0.25) is 14.5 Å². The molecule has 2 aromatic heterocycles.